The molecule has 2 amide bonds. The van der Waals surface area contributed by atoms with Gasteiger partial charge in [0.05, 0.1) is 4.90 Å². The van der Waals surface area contributed by atoms with E-state index in [-0.39, 0.29) is 35.6 Å². The molecule has 1 saturated carbocycles. The third-order valence-corrected chi connectivity index (χ3v) is 9.68. The topological polar surface area (TPSA) is 98.8 Å². The molecule has 2 heterocycles. The number of alkyl halides is 2. The van der Waals surface area contributed by atoms with Gasteiger partial charge in [-0.05, 0) is 62.4 Å². The highest BCUT2D eigenvalue weighted by atomic mass is 32.2. The SMILES string of the molecule is C=CC(=O)NC1CCN(S(=O)(=O)c2ccc(C(=O)NCCN3CCC(F)(F)CC3)cc2)C2(CCC2)C1. The van der Waals surface area contributed by atoms with Crippen molar-refractivity contribution < 1.29 is 26.8 Å². The number of nitrogens with zero attached hydrogens (tertiary/aromatic N) is 2. The standard InChI is InChI=1S/C25H34F2N4O4S/c1-2-22(32)29-20-8-14-31(24(18-20)9-3-10-24)36(34,35)21-6-4-19(5-7-21)23(33)28-13-17-30-15-11-25(26,27)12-16-30/h2,4-7,20H,1,3,8-18H2,(H,28,33)(H,29,32). The summed E-state index contributed by atoms with van der Waals surface area (Å²) in [5.74, 6) is -3.19. The van der Waals surface area contributed by atoms with Crippen LogP contribution in [-0.4, -0.2) is 79.7 Å². The first kappa shape index (κ1) is 26.7. The highest BCUT2D eigenvalue weighted by molar-refractivity contribution is 7.89. The predicted octanol–water partition coefficient (Wildman–Crippen LogP) is 2.53. The Morgan fingerprint density at radius 2 is 1.75 bits per heavy atom. The molecule has 1 aliphatic carbocycles. The summed E-state index contributed by atoms with van der Waals surface area (Å²) in [4.78, 5) is 26.3. The molecule has 2 N–H and O–H groups in total. The van der Waals surface area contributed by atoms with Crippen LogP contribution >= 0.6 is 0 Å². The summed E-state index contributed by atoms with van der Waals surface area (Å²) in [6.45, 7) is 5.20. The lowest BCUT2D eigenvalue weighted by atomic mass is 9.70. The minimum atomic E-state index is -3.77. The molecule has 1 spiro atoms. The highest BCUT2D eigenvalue weighted by Crippen LogP contribution is 2.46. The van der Waals surface area contributed by atoms with Gasteiger partial charge in [-0.1, -0.05) is 6.58 Å². The Kier molecular flexibility index (Phi) is 7.82. The number of amides is 2. The van der Waals surface area contributed by atoms with E-state index in [1.165, 1.54) is 30.3 Å². The van der Waals surface area contributed by atoms with Crippen LogP contribution in [0.1, 0.15) is 55.3 Å². The number of sulfonamides is 1. The van der Waals surface area contributed by atoms with Crippen molar-refractivity contribution in [3.8, 4) is 0 Å². The highest BCUT2D eigenvalue weighted by Gasteiger charge is 2.51. The van der Waals surface area contributed by atoms with Gasteiger partial charge in [-0.2, -0.15) is 4.31 Å². The van der Waals surface area contributed by atoms with Gasteiger partial charge in [-0.3, -0.25) is 9.59 Å². The zero-order valence-electron chi connectivity index (χ0n) is 20.3. The minimum absolute atomic E-state index is 0.0882. The molecule has 1 atom stereocenters. The molecule has 1 aromatic carbocycles. The van der Waals surface area contributed by atoms with E-state index in [1.807, 2.05) is 4.90 Å². The van der Waals surface area contributed by atoms with Crippen LogP contribution in [0.15, 0.2) is 41.8 Å². The molecule has 36 heavy (non-hydrogen) atoms. The molecule has 11 heteroatoms. The van der Waals surface area contributed by atoms with E-state index >= 15 is 0 Å². The number of hydrogen-bond donors (Lipinski definition) is 2. The summed E-state index contributed by atoms with van der Waals surface area (Å²) in [5.41, 5.74) is -0.159. The molecule has 0 radical (unpaired) electrons. The van der Waals surface area contributed by atoms with Crippen LogP contribution in [-0.2, 0) is 14.8 Å². The Labute approximate surface area is 211 Å². The van der Waals surface area contributed by atoms with E-state index in [1.54, 1.807) is 4.31 Å². The van der Waals surface area contributed by atoms with Gasteiger partial charge in [0.15, 0.2) is 0 Å². The molecule has 0 bridgehead atoms. The fourth-order valence-electron chi connectivity index (χ4n) is 5.41. The average Bonchev–Trinajstić information content (AvgIpc) is 2.83. The molecular formula is C25H34F2N4O4S. The summed E-state index contributed by atoms with van der Waals surface area (Å²) in [5, 5.41) is 5.68. The molecule has 198 valence electrons. The Balaban J connectivity index is 1.34. The molecule has 4 rings (SSSR count). The number of carbonyl (C=O) groups excluding carboxylic acids is 2. The van der Waals surface area contributed by atoms with Gasteiger partial charge in [0.1, 0.15) is 0 Å². The normalized spacial score (nSPS) is 24.0. The van der Waals surface area contributed by atoms with Crippen molar-refractivity contribution >= 4 is 21.8 Å². The molecule has 2 aliphatic heterocycles. The largest absolute Gasteiger partial charge is 0.351 e. The Morgan fingerprint density at radius 1 is 1.08 bits per heavy atom. The van der Waals surface area contributed by atoms with Crippen LogP contribution in [0.5, 0.6) is 0 Å². The lowest BCUT2D eigenvalue weighted by Crippen LogP contribution is -2.63. The van der Waals surface area contributed by atoms with E-state index in [9.17, 15) is 26.8 Å². The molecule has 1 aromatic rings. The molecule has 3 aliphatic rings. The average molecular weight is 525 g/mol. The van der Waals surface area contributed by atoms with Crippen molar-refractivity contribution in [2.75, 3.05) is 32.7 Å². The van der Waals surface area contributed by atoms with Crippen molar-refractivity contribution in [1.82, 2.24) is 19.8 Å². The van der Waals surface area contributed by atoms with Crippen molar-refractivity contribution in [1.29, 1.82) is 0 Å². The lowest BCUT2D eigenvalue weighted by Gasteiger charge is -2.54. The van der Waals surface area contributed by atoms with E-state index in [0.29, 0.717) is 51.1 Å². The Morgan fingerprint density at radius 3 is 2.33 bits per heavy atom. The number of piperidine rings is 2. The fourth-order valence-corrected chi connectivity index (χ4v) is 7.26. The molecule has 0 aromatic heterocycles. The third kappa shape index (κ3) is 5.78. The van der Waals surface area contributed by atoms with E-state index in [0.717, 1.165) is 19.3 Å². The second-order valence-electron chi connectivity index (χ2n) is 10.0. The smallest absolute Gasteiger partial charge is 0.251 e. The second kappa shape index (κ2) is 10.5. The third-order valence-electron chi connectivity index (χ3n) is 7.66. The van der Waals surface area contributed by atoms with E-state index < -0.39 is 21.5 Å². The zero-order valence-corrected chi connectivity index (χ0v) is 21.2. The van der Waals surface area contributed by atoms with Crippen LogP contribution in [0.25, 0.3) is 0 Å². The number of benzene rings is 1. The van der Waals surface area contributed by atoms with Crippen molar-refractivity contribution in [2.45, 2.75) is 67.3 Å². The van der Waals surface area contributed by atoms with Gasteiger partial charge in [-0.15, -0.1) is 0 Å². The monoisotopic (exact) mass is 524 g/mol. The van der Waals surface area contributed by atoms with E-state index in [2.05, 4.69) is 17.2 Å². The van der Waals surface area contributed by atoms with Crippen LogP contribution in [0.4, 0.5) is 8.78 Å². The minimum Gasteiger partial charge on any atom is -0.351 e. The molecule has 1 unspecified atom stereocenters. The summed E-state index contributed by atoms with van der Waals surface area (Å²) in [7, 11) is -3.77. The zero-order chi connectivity index (χ0) is 26.0. The molecule has 8 nitrogen and oxygen atoms in total. The quantitative estimate of drug-likeness (QED) is 0.510. The van der Waals surface area contributed by atoms with Gasteiger partial charge in [-0.25, -0.2) is 17.2 Å². The van der Waals surface area contributed by atoms with Gasteiger partial charge in [0, 0.05) is 62.7 Å². The first-order chi connectivity index (χ1) is 17.0. The first-order valence-electron chi connectivity index (χ1n) is 12.5. The predicted molar refractivity (Wildman–Crippen MR) is 131 cm³/mol. The van der Waals surface area contributed by atoms with Crippen LogP contribution in [0.2, 0.25) is 0 Å². The summed E-state index contributed by atoms with van der Waals surface area (Å²) < 4.78 is 55.1. The van der Waals surface area contributed by atoms with Gasteiger partial charge in [0.2, 0.25) is 15.9 Å². The number of carbonyl (C=O) groups is 2. The number of nitrogens with one attached hydrogen (secondary N) is 2. The lowest BCUT2D eigenvalue weighted by molar-refractivity contribution is -0.117. The van der Waals surface area contributed by atoms with Gasteiger partial charge >= 0.3 is 0 Å². The number of likely N-dealkylation sites (tertiary alicyclic amines) is 1. The van der Waals surface area contributed by atoms with Crippen molar-refractivity contribution in [2.24, 2.45) is 0 Å². The van der Waals surface area contributed by atoms with Gasteiger partial charge in [0.25, 0.3) is 11.8 Å². The summed E-state index contributed by atoms with van der Waals surface area (Å²) in [6, 6.07) is 5.81. The first-order valence-corrected chi connectivity index (χ1v) is 13.9. The van der Waals surface area contributed by atoms with Crippen molar-refractivity contribution in [3.63, 3.8) is 0 Å². The van der Waals surface area contributed by atoms with Gasteiger partial charge < -0.3 is 15.5 Å². The molecule has 2 saturated heterocycles. The van der Waals surface area contributed by atoms with Crippen molar-refractivity contribution in [3.05, 3.63) is 42.5 Å². The maximum absolute atomic E-state index is 13.5. The van der Waals surface area contributed by atoms with Crippen LogP contribution < -0.4 is 10.6 Å². The Hall–Kier alpha value is -2.37. The number of hydrogen-bond acceptors (Lipinski definition) is 5. The summed E-state index contributed by atoms with van der Waals surface area (Å²) in [6.07, 6.45) is 4.43. The van der Waals surface area contributed by atoms with E-state index in [4.69, 9.17) is 0 Å². The maximum atomic E-state index is 13.5. The summed E-state index contributed by atoms with van der Waals surface area (Å²) >= 11 is 0. The second-order valence-corrected chi connectivity index (χ2v) is 11.9. The maximum Gasteiger partial charge on any atom is 0.251 e. The Bertz CT molecular complexity index is 1080. The van der Waals surface area contributed by atoms with Crippen LogP contribution in [0, 0.1) is 0 Å². The number of halogens is 2. The number of rotatable bonds is 8. The molecule has 3 fully saturated rings. The molecular weight excluding hydrogens is 490 g/mol. The van der Waals surface area contributed by atoms with Crippen LogP contribution in [0.3, 0.4) is 0 Å². The fraction of sp³-hybridized carbons (Fsp3) is 0.600.